The van der Waals surface area contributed by atoms with Gasteiger partial charge in [0.1, 0.15) is 0 Å². The van der Waals surface area contributed by atoms with Gasteiger partial charge in [-0.2, -0.15) is 0 Å². The fourth-order valence-corrected chi connectivity index (χ4v) is 2.94. The molecule has 0 radical (unpaired) electrons. The molecule has 0 aliphatic heterocycles. The van der Waals surface area contributed by atoms with Crippen LogP contribution in [0.2, 0.25) is 0 Å². The maximum Gasteiger partial charge on any atom is 0.328 e. The number of carbonyl (C=O) groups is 2. The Bertz CT molecular complexity index is 964. The molecule has 152 valence electrons. The van der Waals surface area contributed by atoms with Gasteiger partial charge in [0, 0.05) is 42.7 Å². The summed E-state index contributed by atoms with van der Waals surface area (Å²) in [6.45, 7) is 5.40. The predicted octanol–water partition coefficient (Wildman–Crippen LogP) is 3.99. The molecule has 29 heavy (non-hydrogen) atoms. The summed E-state index contributed by atoms with van der Waals surface area (Å²) >= 11 is 0. The van der Waals surface area contributed by atoms with Crippen molar-refractivity contribution in [3.63, 3.8) is 0 Å². The molecule has 0 aliphatic rings. The third-order valence-corrected chi connectivity index (χ3v) is 4.18. The van der Waals surface area contributed by atoms with Crippen molar-refractivity contribution in [3.05, 3.63) is 72.7 Å². The Balaban J connectivity index is 0.000000321. The molecule has 1 aromatic carbocycles. The summed E-state index contributed by atoms with van der Waals surface area (Å²) in [6, 6.07) is 12.8. The molecule has 0 atom stereocenters. The highest BCUT2D eigenvalue weighted by Crippen LogP contribution is 2.25. The first-order valence-corrected chi connectivity index (χ1v) is 9.38. The molecule has 0 aliphatic carbocycles. The molecule has 0 spiro atoms. The van der Waals surface area contributed by atoms with Crippen LogP contribution in [-0.4, -0.2) is 38.4 Å². The number of anilines is 1. The number of benzene rings is 1. The highest BCUT2D eigenvalue weighted by molar-refractivity contribution is 5.89. The lowest BCUT2D eigenvalue weighted by molar-refractivity contribution is -0.134. The first-order valence-electron chi connectivity index (χ1n) is 9.38. The van der Waals surface area contributed by atoms with Gasteiger partial charge >= 0.3 is 11.9 Å². The molecular weight excluding hydrogens is 370 g/mol. The topological polar surface area (TPSA) is 95.7 Å². The zero-order valence-electron chi connectivity index (χ0n) is 16.5. The van der Waals surface area contributed by atoms with Crippen LogP contribution in [0.1, 0.15) is 25.8 Å². The molecule has 2 heterocycles. The molecule has 3 rings (SSSR count). The molecule has 0 amide bonds. The van der Waals surface area contributed by atoms with Crippen LogP contribution in [0.25, 0.3) is 10.9 Å². The molecule has 7 nitrogen and oxygen atoms in total. The van der Waals surface area contributed by atoms with Crippen LogP contribution in [0.15, 0.2) is 67.1 Å². The fourth-order valence-electron chi connectivity index (χ4n) is 2.94. The summed E-state index contributed by atoms with van der Waals surface area (Å²) < 4.78 is 2.28. The average Bonchev–Trinajstić information content (AvgIpc) is 3.10. The van der Waals surface area contributed by atoms with Crippen LogP contribution >= 0.6 is 0 Å². The van der Waals surface area contributed by atoms with E-state index in [9.17, 15) is 9.59 Å². The molecular formula is C22H25N3O4. The molecule has 0 saturated carbocycles. The lowest BCUT2D eigenvalue weighted by Gasteiger charge is -2.26. The second-order valence-corrected chi connectivity index (χ2v) is 6.21. The van der Waals surface area contributed by atoms with E-state index in [-0.39, 0.29) is 0 Å². The summed E-state index contributed by atoms with van der Waals surface area (Å²) in [4.78, 5) is 23.2. The van der Waals surface area contributed by atoms with Crippen LogP contribution in [0.3, 0.4) is 0 Å². The van der Waals surface area contributed by atoms with Crippen molar-refractivity contribution in [1.82, 2.24) is 9.66 Å². The number of pyridine rings is 1. The van der Waals surface area contributed by atoms with Crippen molar-refractivity contribution < 1.29 is 19.8 Å². The molecule has 0 fully saturated rings. The van der Waals surface area contributed by atoms with Crippen LogP contribution in [0.5, 0.6) is 0 Å². The van der Waals surface area contributed by atoms with Crippen LogP contribution in [0.4, 0.5) is 5.69 Å². The van der Waals surface area contributed by atoms with Crippen LogP contribution < -0.4 is 5.01 Å². The van der Waals surface area contributed by atoms with Gasteiger partial charge in [0.05, 0.1) is 11.2 Å². The summed E-state index contributed by atoms with van der Waals surface area (Å²) in [6.07, 6.45) is 9.22. The van der Waals surface area contributed by atoms with Gasteiger partial charge in [0.2, 0.25) is 0 Å². The van der Waals surface area contributed by atoms with E-state index in [2.05, 4.69) is 71.1 Å². The summed E-state index contributed by atoms with van der Waals surface area (Å²) in [5, 5.41) is 19.3. The van der Waals surface area contributed by atoms with Gasteiger partial charge in [0.25, 0.3) is 0 Å². The summed E-state index contributed by atoms with van der Waals surface area (Å²) in [5.74, 6) is -2.51. The first-order chi connectivity index (χ1) is 14.0. The predicted molar refractivity (Wildman–Crippen MR) is 113 cm³/mol. The first kappa shape index (κ1) is 21.7. The zero-order valence-corrected chi connectivity index (χ0v) is 16.5. The van der Waals surface area contributed by atoms with E-state index in [0.29, 0.717) is 12.2 Å². The normalized spacial score (nSPS) is 10.6. The van der Waals surface area contributed by atoms with Crippen molar-refractivity contribution in [2.75, 3.05) is 11.6 Å². The monoisotopic (exact) mass is 395 g/mol. The lowest BCUT2D eigenvalue weighted by Crippen LogP contribution is -2.29. The smallest absolute Gasteiger partial charge is 0.328 e. The zero-order chi connectivity index (χ0) is 21.2. The van der Waals surface area contributed by atoms with Crippen molar-refractivity contribution in [3.8, 4) is 0 Å². The Kier molecular flexibility index (Phi) is 7.97. The number of fused-ring (bicyclic) bond motifs is 1. The van der Waals surface area contributed by atoms with Gasteiger partial charge in [0.15, 0.2) is 0 Å². The summed E-state index contributed by atoms with van der Waals surface area (Å²) in [5.41, 5.74) is 3.83. The van der Waals surface area contributed by atoms with Crippen molar-refractivity contribution in [1.29, 1.82) is 0 Å². The second-order valence-electron chi connectivity index (χ2n) is 6.21. The van der Waals surface area contributed by atoms with Gasteiger partial charge in [-0.15, -0.1) is 0 Å². The number of aliphatic carboxylic acids is 2. The number of carboxylic acid groups (broad SMARTS) is 2. The highest BCUT2D eigenvalue weighted by Gasteiger charge is 2.13. The molecule has 0 unspecified atom stereocenters. The van der Waals surface area contributed by atoms with E-state index in [1.165, 1.54) is 22.2 Å². The average molecular weight is 395 g/mol. The number of aromatic nitrogens is 2. The number of carboxylic acids is 2. The number of hydrogen-bond acceptors (Lipinski definition) is 4. The number of nitrogens with zero attached hydrogens (tertiary/aromatic N) is 3. The van der Waals surface area contributed by atoms with Gasteiger partial charge in [-0.1, -0.05) is 32.0 Å². The third kappa shape index (κ3) is 5.93. The van der Waals surface area contributed by atoms with E-state index in [1.54, 1.807) is 0 Å². The number of hydrogen-bond donors (Lipinski definition) is 2. The van der Waals surface area contributed by atoms with E-state index >= 15 is 0 Å². The van der Waals surface area contributed by atoms with E-state index in [1.807, 2.05) is 12.4 Å². The minimum Gasteiger partial charge on any atom is -0.478 e. The van der Waals surface area contributed by atoms with E-state index < -0.39 is 11.9 Å². The van der Waals surface area contributed by atoms with Gasteiger partial charge in [-0.3, -0.25) is 14.7 Å². The summed E-state index contributed by atoms with van der Waals surface area (Å²) in [7, 11) is 0. The molecule has 2 N–H and O–H groups in total. The molecule has 0 bridgehead atoms. The SMILES string of the molecule is CCCN(c1ccncc1)n1cc(CC)c2ccccc21.O=C(O)C=CC(=O)O. The largest absolute Gasteiger partial charge is 0.478 e. The van der Waals surface area contributed by atoms with Gasteiger partial charge in [-0.25, -0.2) is 9.59 Å². The Hall–Kier alpha value is -3.61. The Morgan fingerprint density at radius 2 is 1.66 bits per heavy atom. The van der Waals surface area contributed by atoms with E-state index in [4.69, 9.17) is 10.2 Å². The molecule has 7 heteroatoms. The maximum atomic E-state index is 9.55. The lowest BCUT2D eigenvalue weighted by atomic mass is 10.1. The Labute approximate surface area is 169 Å². The minimum absolute atomic E-state index is 0.558. The van der Waals surface area contributed by atoms with E-state index in [0.717, 1.165) is 19.4 Å². The highest BCUT2D eigenvalue weighted by atomic mass is 16.4. The van der Waals surface area contributed by atoms with Crippen LogP contribution in [-0.2, 0) is 16.0 Å². The molecule has 0 saturated heterocycles. The van der Waals surface area contributed by atoms with Gasteiger partial charge < -0.3 is 10.2 Å². The minimum atomic E-state index is -1.26. The Morgan fingerprint density at radius 3 is 2.21 bits per heavy atom. The number of para-hydroxylation sites is 1. The third-order valence-electron chi connectivity index (χ3n) is 4.18. The second kappa shape index (κ2) is 10.7. The van der Waals surface area contributed by atoms with Crippen molar-refractivity contribution >= 4 is 28.5 Å². The van der Waals surface area contributed by atoms with Crippen LogP contribution in [0, 0.1) is 0 Å². The molecule has 3 aromatic rings. The maximum absolute atomic E-state index is 9.55. The Morgan fingerprint density at radius 1 is 1.03 bits per heavy atom. The fraction of sp³-hybridized carbons (Fsp3) is 0.227. The molecule has 2 aromatic heterocycles. The quantitative estimate of drug-likeness (QED) is 0.587. The number of rotatable bonds is 7. The van der Waals surface area contributed by atoms with Gasteiger partial charge in [-0.05, 0) is 36.6 Å². The standard InChI is InChI=1S/C18H21N3.C4H4O4/c1-3-13-20(16-9-11-19-12-10-16)21-14-15(4-2)17-7-5-6-8-18(17)21;5-3(6)1-2-4(7)8/h5-12,14H,3-4,13H2,1-2H3;1-2H,(H,5,6)(H,7,8). The van der Waals surface area contributed by atoms with Crippen molar-refractivity contribution in [2.24, 2.45) is 0 Å². The van der Waals surface area contributed by atoms with Crippen molar-refractivity contribution in [2.45, 2.75) is 26.7 Å². The number of aryl methyl sites for hydroxylation is 1.